The summed E-state index contributed by atoms with van der Waals surface area (Å²) in [6, 6.07) is 12.7. The first kappa shape index (κ1) is 24.8. The van der Waals surface area contributed by atoms with Crippen molar-refractivity contribution in [2.24, 2.45) is 5.10 Å². The molecule has 182 valence electrons. The molecule has 0 aliphatic heterocycles. The molecule has 0 spiro atoms. The Morgan fingerprint density at radius 1 is 1.09 bits per heavy atom. The van der Waals surface area contributed by atoms with E-state index in [-0.39, 0.29) is 18.3 Å². The smallest absolute Gasteiger partial charge is 0.287 e. The van der Waals surface area contributed by atoms with E-state index < -0.39 is 5.91 Å². The molecular weight excluding hydrogens is 489 g/mol. The molecule has 1 aromatic heterocycles. The van der Waals surface area contributed by atoms with E-state index >= 15 is 0 Å². The number of rotatable bonds is 7. The predicted molar refractivity (Wildman–Crippen MR) is 135 cm³/mol. The van der Waals surface area contributed by atoms with Gasteiger partial charge in [-0.3, -0.25) is 9.59 Å². The molecule has 35 heavy (non-hydrogen) atoms. The van der Waals surface area contributed by atoms with Gasteiger partial charge in [0.05, 0.1) is 10.7 Å². The van der Waals surface area contributed by atoms with Gasteiger partial charge >= 0.3 is 0 Å². The molecule has 3 aromatic rings. The SMILES string of the molecule is Cc1ccc(CNC(=O)c2oc3c(c2C)/C(=N/NC(=O)COc2ccc(Cl)cc2Cl)CCC3)cc1. The third-order valence-corrected chi connectivity index (χ3v) is 6.20. The zero-order chi connectivity index (χ0) is 24.9. The number of hydrogen-bond donors (Lipinski definition) is 2. The summed E-state index contributed by atoms with van der Waals surface area (Å²) in [4.78, 5) is 25.1. The van der Waals surface area contributed by atoms with E-state index in [2.05, 4.69) is 15.8 Å². The molecule has 1 aliphatic rings. The number of amides is 2. The number of nitrogens with one attached hydrogen (secondary N) is 2. The third kappa shape index (κ3) is 6.05. The number of carbonyl (C=O) groups excluding carboxylic acids is 2. The molecule has 0 fully saturated rings. The van der Waals surface area contributed by atoms with Crippen molar-refractivity contribution in [3.63, 3.8) is 0 Å². The topological polar surface area (TPSA) is 92.9 Å². The van der Waals surface area contributed by atoms with E-state index in [0.29, 0.717) is 52.2 Å². The van der Waals surface area contributed by atoms with Gasteiger partial charge in [-0.2, -0.15) is 5.10 Å². The fourth-order valence-electron chi connectivity index (χ4n) is 3.86. The van der Waals surface area contributed by atoms with Crippen molar-refractivity contribution in [3.05, 3.63) is 86.3 Å². The minimum absolute atomic E-state index is 0.262. The molecule has 0 radical (unpaired) electrons. The van der Waals surface area contributed by atoms with Gasteiger partial charge in [0.2, 0.25) is 0 Å². The molecule has 2 amide bonds. The van der Waals surface area contributed by atoms with Gasteiger partial charge in [0.25, 0.3) is 11.8 Å². The second-order valence-corrected chi connectivity index (χ2v) is 9.18. The van der Waals surface area contributed by atoms with Crippen LogP contribution in [0.5, 0.6) is 5.75 Å². The average Bonchev–Trinajstić information content (AvgIpc) is 3.18. The van der Waals surface area contributed by atoms with Crippen LogP contribution in [0.3, 0.4) is 0 Å². The lowest BCUT2D eigenvalue weighted by molar-refractivity contribution is -0.123. The highest BCUT2D eigenvalue weighted by Crippen LogP contribution is 2.30. The molecule has 7 nitrogen and oxygen atoms in total. The highest BCUT2D eigenvalue weighted by molar-refractivity contribution is 6.35. The minimum Gasteiger partial charge on any atom is -0.482 e. The fraction of sp³-hybridized carbons (Fsp3) is 0.269. The number of furan rings is 1. The zero-order valence-corrected chi connectivity index (χ0v) is 20.9. The van der Waals surface area contributed by atoms with Crippen molar-refractivity contribution in [1.29, 1.82) is 0 Å². The van der Waals surface area contributed by atoms with Crippen LogP contribution in [-0.2, 0) is 17.8 Å². The van der Waals surface area contributed by atoms with Gasteiger partial charge in [0.1, 0.15) is 11.5 Å². The second kappa shape index (κ2) is 11.0. The maximum atomic E-state index is 12.8. The number of ether oxygens (including phenoxy) is 1. The quantitative estimate of drug-likeness (QED) is 0.415. The standard InChI is InChI=1S/C26H25Cl2N3O4/c1-15-6-8-17(9-7-15)13-29-26(33)25-16(2)24-20(4-3-5-22(24)35-25)30-31-23(32)14-34-21-11-10-18(27)12-19(21)28/h6-12H,3-5,13-14H2,1-2H3,(H,29,33)(H,31,32)/b30-20+. The molecule has 0 saturated heterocycles. The van der Waals surface area contributed by atoms with Crippen LogP contribution < -0.4 is 15.5 Å². The van der Waals surface area contributed by atoms with E-state index in [1.54, 1.807) is 12.1 Å². The Bertz CT molecular complexity index is 1280. The summed E-state index contributed by atoms with van der Waals surface area (Å²) in [5.41, 5.74) is 6.84. The zero-order valence-electron chi connectivity index (χ0n) is 19.4. The average molecular weight is 514 g/mol. The molecule has 0 saturated carbocycles. The van der Waals surface area contributed by atoms with Gasteiger partial charge < -0.3 is 14.5 Å². The van der Waals surface area contributed by atoms with Crippen molar-refractivity contribution in [2.45, 2.75) is 39.7 Å². The predicted octanol–water partition coefficient (Wildman–Crippen LogP) is 5.37. The molecule has 1 aliphatic carbocycles. The Kier molecular flexibility index (Phi) is 7.78. The molecule has 2 aromatic carbocycles. The Labute approximate surface area is 213 Å². The molecule has 0 bridgehead atoms. The lowest BCUT2D eigenvalue weighted by Gasteiger charge is -2.13. The van der Waals surface area contributed by atoms with Crippen LogP contribution in [-0.4, -0.2) is 24.1 Å². The summed E-state index contributed by atoms with van der Waals surface area (Å²) in [6.07, 6.45) is 2.16. The fourth-order valence-corrected chi connectivity index (χ4v) is 4.33. The van der Waals surface area contributed by atoms with Crippen molar-refractivity contribution in [1.82, 2.24) is 10.7 Å². The Morgan fingerprint density at radius 2 is 1.86 bits per heavy atom. The highest BCUT2D eigenvalue weighted by atomic mass is 35.5. The number of carbonyl (C=O) groups is 2. The van der Waals surface area contributed by atoms with Gasteiger partial charge in [-0.1, -0.05) is 53.0 Å². The Morgan fingerprint density at radius 3 is 2.60 bits per heavy atom. The maximum Gasteiger partial charge on any atom is 0.287 e. The minimum atomic E-state index is -0.437. The Balaban J connectivity index is 1.41. The van der Waals surface area contributed by atoms with E-state index in [0.717, 1.165) is 23.1 Å². The first-order valence-electron chi connectivity index (χ1n) is 11.2. The molecule has 0 unspecified atom stereocenters. The summed E-state index contributed by atoms with van der Waals surface area (Å²) >= 11 is 11.9. The van der Waals surface area contributed by atoms with E-state index in [9.17, 15) is 9.59 Å². The number of nitrogens with zero attached hydrogens (tertiary/aromatic N) is 1. The lowest BCUT2D eigenvalue weighted by Crippen LogP contribution is -2.27. The summed E-state index contributed by atoms with van der Waals surface area (Å²) in [7, 11) is 0. The number of halogens is 2. The van der Waals surface area contributed by atoms with Crippen LogP contribution in [0.25, 0.3) is 0 Å². The molecule has 0 atom stereocenters. The van der Waals surface area contributed by atoms with Gasteiger partial charge in [-0.15, -0.1) is 0 Å². The number of hydrazone groups is 1. The molecule has 9 heteroatoms. The van der Waals surface area contributed by atoms with Crippen LogP contribution in [0.1, 0.15) is 51.4 Å². The summed E-state index contributed by atoms with van der Waals surface area (Å²) in [5.74, 6) is 0.600. The van der Waals surface area contributed by atoms with E-state index in [1.807, 2.05) is 38.1 Å². The molecule has 4 rings (SSSR count). The first-order chi connectivity index (χ1) is 16.8. The first-order valence-corrected chi connectivity index (χ1v) is 12.0. The van der Waals surface area contributed by atoms with Crippen LogP contribution >= 0.6 is 23.2 Å². The normalized spacial score (nSPS) is 13.9. The van der Waals surface area contributed by atoms with Crippen molar-refractivity contribution in [3.8, 4) is 5.75 Å². The second-order valence-electron chi connectivity index (χ2n) is 8.33. The molecule has 2 N–H and O–H groups in total. The monoisotopic (exact) mass is 513 g/mol. The van der Waals surface area contributed by atoms with Gasteiger partial charge in [0, 0.05) is 29.1 Å². The van der Waals surface area contributed by atoms with Crippen molar-refractivity contribution >= 4 is 40.7 Å². The lowest BCUT2D eigenvalue weighted by atomic mass is 9.93. The number of fused-ring (bicyclic) bond motifs is 1. The molecular formula is C26H25Cl2N3O4. The van der Waals surface area contributed by atoms with Crippen molar-refractivity contribution < 1.29 is 18.7 Å². The summed E-state index contributed by atoms with van der Waals surface area (Å²) in [6.45, 7) is 3.99. The third-order valence-electron chi connectivity index (χ3n) is 5.67. The van der Waals surface area contributed by atoms with Crippen LogP contribution in [0.4, 0.5) is 0 Å². The van der Waals surface area contributed by atoms with Gasteiger partial charge in [0.15, 0.2) is 12.4 Å². The van der Waals surface area contributed by atoms with Crippen LogP contribution in [0.2, 0.25) is 10.0 Å². The summed E-state index contributed by atoms with van der Waals surface area (Å²) < 4.78 is 11.4. The van der Waals surface area contributed by atoms with Gasteiger partial charge in [-0.25, -0.2) is 5.43 Å². The van der Waals surface area contributed by atoms with Crippen LogP contribution in [0.15, 0.2) is 52.0 Å². The number of aryl methyl sites for hydroxylation is 2. The van der Waals surface area contributed by atoms with Gasteiger partial charge in [-0.05, 0) is 50.5 Å². The van der Waals surface area contributed by atoms with E-state index in [1.165, 1.54) is 6.07 Å². The number of benzene rings is 2. The number of hydrogen-bond acceptors (Lipinski definition) is 5. The van der Waals surface area contributed by atoms with Crippen molar-refractivity contribution in [2.75, 3.05) is 6.61 Å². The largest absolute Gasteiger partial charge is 0.482 e. The summed E-state index contributed by atoms with van der Waals surface area (Å²) in [5, 5.41) is 8.00. The highest BCUT2D eigenvalue weighted by Gasteiger charge is 2.28. The Hall–Kier alpha value is -3.29. The molecule has 1 heterocycles. The van der Waals surface area contributed by atoms with E-state index in [4.69, 9.17) is 32.4 Å². The maximum absolute atomic E-state index is 12.8. The van der Waals surface area contributed by atoms with Crippen LogP contribution in [0, 0.1) is 13.8 Å².